The van der Waals surface area contributed by atoms with Gasteiger partial charge >= 0.3 is 0 Å². The quantitative estimate of drug-likeness (QED) is 0.853. The molecule has 6 heteroatoms. The smallest absolute Gasteiger partial charge is 0.201 e. The molecule has 0 saturated heterocycles. The minimum Gasteiger partial charge on any atom is -0.595 e. The van der Waals surface area contributed by atoms with Crippen LogP contribution < -0.4 is 14.7 Å². The number of para-hydroxylation sites is 1. The molecule has 22 heavy (non-hydrogen) atoms. The molecule has 0 spiro atoms. The van der Waals surface area contributed by atoms with Gasteiger partial charge in [0.15, 0.2) is 17.2 Å². The average molecular weight is 320 g/mol. The maximum absolute atomic E-state index is 11.6. The van der Waals surface area contributed by atoms with Gasteiger partial charge < -0.3 is 14.7 Å². The van der Waals surface area contributed by atoms with E-state index >= 15 is 0 Å². The van der Waals surface area contributed by atoms with Crippen molar-refractivity contribution in [2.45, 2.75) is 6.10 Å². The summed E-state index contributed by atoms with van der Waals surface area (Å²) in [7, 11) is 1.55. The molecule has 1 aliphatic heterocycles. The molecule has 0 fully saturated rings. The summed E-state index contributed by atoms with van der Waals surface area (Å²) in [5, 5.41) is 20.6. The van der Waals surface area contributed by atoms with E-state index in [4.69, 9.17) is 21.1 Å². The van der Waals surface area contributed by atoms with E-state index in [0.717, 1.165) is 5.56 Å². The number of ether oxygens (including phenoxy) is 2. The van der Waals surface area contributed by atoms with E-state index < -0.39 is 11.3 Å². The zero-order valence-corrected chi connectivity index (χ0v) is 12.5. The van der Waals surface area contributed by atoms with Crippen molar-refractivity contribution < 1.29 is 19.9 Å². The van der Waals surface area contributed by atoms with Gasteiger partial charge in [0.05, 0.1) is 7.11 Å². The molecule has 114 valence electrons. The van der Waals surface area contributed by atoms with Crippen LogP contribution in [0.25, 0.3) is 6.08 Å². The van der Waals surface area contributed by atoms with Crippen LogP contribution in [0.2, 0.25) is 5.02 Å². The molecule has 2 aromatic carbocycles. The van der Waals surface area contributed by atoms with Crippen molar-refractivity contribution >= 4 is 17.7 Å². The van der Waals surface area contributed by atoms with E-state index in [0.29, 0.717) is 22.1 Å². The standard InChI is InChI=1S/C16H14ClNO4/c1-21-14-4-2-3-11-9-13(18(19)20)15(22-16(11)14)10-5-7-12(17)8-6-10/h2-9,15,18-19H,1H3. The Hall–Kier alpha value is -2.05. The van der Waals surface area contributed by atoms with Gasteiger partial charge in [-0.1, -0.05) is 35.9 Å². The first kappa shape index (κ1) is 14.9. The summed E-state index contributed by atoms with van der Waals surface area (Å²) in [5.41, 5.74) is 1.57. The van der Waals surface area contributed by atoms with Crippen LogP contribution in [-0.4, -0.2) is 12.3 Å². The normalized spacial score (nSPS) is 18.0. The van der Waals surface area contributed by atoms with Gasteiger partial charge in [0, 0.05) is 22.2 Å². The van der Waals surface area contributed by atoms with Gasteiger partial charge in [0.1, 0.15) is 0 Å². The lowest BCUT2D eigenvalue weighted by Gasteiger charge is -2.29. The number of halogens is 1. The maximum atomic E-state index is 11.6. The fourth-order valence-electron chi connectivity index (χ4n) is 2.42. The van der Waals surface area contributed by atoms with Crippen LogP contribution in [0.1, 0.15) is 17.2 Å². The number of nitrogens with one attached hydrogen (secondary N) is 1. The zero-order chi connectivity index (χ0) is 15.7. The molecular formula is C16H14ClNO4. The third-order valence-corrected chi connectivity index (χ3v) is 3.73. The Morgan fingerprint density at radius 1 is 1.23 bits per heavy atom. The van der Waals surface area contributed by atoms with Crippen molar-refractivity contribution in [1.82, 2.24) is 0 Å². The Bertz CT molecular complexity index is 713. The number of fused-ring (bicyclic) bond motifs is 1. The topological polar surface area (TPSA) is 66.2 Å². The fourth-order valence-corrected chi connectivity index (χ4v) is 2.54. The molecule has 2 aromatic rings. The molecule has 0 radical (unpaired) electrons. The van der Waals surface area contributed by atoms with Crippen LogP contribution >= 0.6 is 11.6 Å². The summed E-state index contributed by atoms with van der Waals surface area (Å²) < 4.78 is 11.2. The third kappa shape index (κ3) is 2.67. The van der Waals surface area contributed by atoms with Crippen molar-refractivity contribution in [2.24, 2.45) is 0 Å². The summed E-state index contributed by atoms with van der Waals surface area (Å²) in [6, 6.07) is 12.3. The summed E-state index contributed by atoms with van der Waals surface area (Å²) in [6.07, 6.45) is 0.904. The van der Waals surface area contributed by atoms with Gasteiger partial charge in [0.25, 0.3) is 0 Å². The van der Waals surface area contributed by atoms with Gasteiger partial charge in [-0.2, -0.15) is 5.23 Å². The largest absolute Gasteiger partial charge is 0.595 e. The molecular weight excluding hydrogens is 306 g/mol. The number of quaternary nitrogens is 1. The zero-order valence-electron chi connectivity index (χ0n) is 11.7. The number of benzene rings is 2. The highest BCUT2D eigenvalue weighted by atomic mass is 35.5. The number of methoxy groups -OCH3 is 1. The summed E-state index contributed by atoms with van der Waals surface area (Å²) in [6.45, 7) is 0. The van der Waals surface area contributed by atoms with Crippen molar-refractivity contribution in [2.75, 3.05) is 7.11 Å². The van der Waals surface area contributed by atoms with Crippen molar-refractivity contribution in [1.29, 1.82) is 0 Å². The Morgan fingerprint density at radius 3 is 2.59 bits per heavy atom. The Labute approximate surface area is 132 Å². The number of hydroxylamine groups is 2. The minimum atomic E-state index is -1.02. The van der Waals surface area contributed by atoms with Crippen molar-refractivity contribution in [3.63, 3.8) is 0 Å². The Morgan fingerprint density at radius 2 is 1.95 bits per heavy atom. The SMILES string of the molecule is COc1cccc2c1OC(c1ccc(Cl)cc1)C([NH+]([O-])O)=C2. The molecule has 0 aromatic heterocycles. The van der Waals surface area contributed by atoms with Crippen LogP contribution in [0.5, 0.6) is 11.5 Å². The second kappa shape index (κ2) is 5.98. The first-order chi connectivity index (χ1) is 10.6. The molecule has 0 bridgehead atoms. The highest BCUT2D eigenvalue weighted by molar-refractivity contribution is 6.30. The molecule has 2 atom stereocenters. The third-order valence-electron chi connectivity index (χ3n) is 3.48. The number of hydrogen-bond donors (Lipinski definition) is 2. The molecule has 2 unspecified atom stereocenters. The van der Waals surface area contributed by atoms with Crippen LogP contribution in [0.3, 0.4) is 0 Å². The van der Waals surface area contributed by atoms with Gasteiger partial charge in [-0.25, -0.2) is 5.21 Å². The Balaban J connectivity index is 2.09. The maximum Gasteiger partial charge on any atom is 0.201 e. The predicted molar refractivity (Wildman–Crippen MR) is 81.9 cm³/mol. The van der Waals surface area contributed by atoms with Gasteiger partial charge in [-0.3, -0.25) is 0 Å². The molecule has 5 nitrogen and oxygen atoms in total. The lowest BCUT2D eigenvalue weighted by atomic mass is 10.0. The first-order valence-electron chi connectivity index (χ1n) is 6.64. The van der Waals surface area contributed by atoms with Crippen molar-refractivity contribution in [3.8, 4) is 11.5 Å². The number of hydrogen-bond acceptors (Lipinski definition) is 4. The minimum absolute atomic E-state index is 0.170. The molecule has 0 saturated carbocycles. The molecule has 0 amide bonds. The highest BCUT2D eigenvalue weighted by Gasteiger charge is 2.31. The van der Waals surface area contributed by atoms with E-state index in [-0.39, 0.29) is 5.70 Å². The van der Waals surface area contributed by atoms with Gasteiger partial charge in [-0.05, 0) is 18.2 Å². The van der Waals surface area contributed by atoms with Gasteiger partial charge in [-0.15, -0.1) is 0 Å². The van der Waals surface area contributed by atoms with Gasteiger partial charge in [0.2, 0.25) is 6.10 Å². The van der Waals surface area contributed by atoms with Crippen molar-refractivity contribution in [3.05, 3.63) is 69.5 Å². The van der Waals surface area contributed by atoms with E-state index in [1.807, 2.05) is 0 Å². The van der Waals surface area contributed by atoms with E-state index in [1.165, 1.54) is 0 Å². The first-order valence-corrected chi connectivity index (χ1v) is 7.02. The number of rotatable bonds is 3. The van der Waals surface area contributed by atoms with E-state index in [1.54, 1.807) is 55.7 Å². The fraction of sp³-hybridized carbons (Fsp3) is 0.125. The summed E-state index contributed by atoms with van der Waals surface area (Å²) in [5.74, 6) is 1.10. The molecule has 3 rings (SSSR count). The monoisotopic (exact) mass is 319 g/mol. The van der Waals surface area contributed by atoms with E-state index in [2.05, 4.69) is 0 Å². The second-order valence-corrected chi connectivity index (χ2v) is 5.27. The highest BCUT2D eigenvalue weighted by Crippen LogP contribution is 2.41. The van der Waals surface area contributed by atoms with Crippen LogP contribution in [0, 0.1) is 5.21 Å². The van der Waals surface area contributed by atoms with Crippen LogP contribution in [-0.2, 0) is 0 Å². The predicted octanol–water partition coefficient (Wildman–Crippen LogP) is 2.60. The summed E-state index contributed by atoms with van der Waals surface area (Å²) in [4.78, 5) is 0. The van der Waals surface area contributed by atoms with E-state index in [9.17, 15) is 10.4 Å². The molecule has 2 N–H and O–H groups in total. The molecule has 0 aliphatic carbocycles. The molecule has 1 heterocycles. The van der Waals surface area contributed by atoms with Crippen LogP contribution in [0.4, 0.5) is 0 Å². The van der Waals surface area contributed by atoms with Crippen LogP contribution in [0.15, 0.2) is 48.2 Å². The second-order valence-electron chi connectivity index (χ2n) is 4.83. The average Bonchev–Trinajstić information content (AvgIpc) is 2.53. The Kier molecular flexibility index (Phi) is 4.04. The summed E-state index contributed by atoms with van der Waals surface area (Å²) >= 11 is 5.89. The lowest BCUT2D eigenvalue weighted by molar-refractivity contribution is -1.02. The molecule has 1 aliphatic rings. The lowest BCUT2D eigenvalue weighted by Crippen LogP contribution is -3.03.